The van der Waals surface area contributed by atoms with E-state index in [1.165, 1.54) is 36.7 Å². The lowest BCUT2D eigenvalue weighted by molar-refractivity contribution is -0.147. The number of phenolic OH excluding ortho intramolecular Hbond substituents is 1. The molecule has 0 radical (unpaired) electrons. The standard InChI is InChI=1S/C48H60N8O10/c1-29(2)40(54-42(58)36(23-32-18-20-35(57)21-19-32)51-45(61)41(30(3)4)55-48(64)66-27-33-15-10-7-11-16-33)44(60)52-37(25-34-26-49-28-50-34)46(62)56-22-12-17-39(56)43(59)53-38(47(63)65-5)24-31-13-8-6-9-14-31/h6-11,13-16,18-21,26,28-30,36-41,57H,12,17,22-25,27H2,1-5H3,(H,49,50)(H,51,61)(H,52,60)(H,53,59)(H,54,58)(H,55,64)/t36-,37-,38-,39-,40-,41-/m0/s1. The normalized spacial score (nSPS) is 15.7. The van der Waals surface area contributed by atoms with Crippen LogP contribution in [0.3, 0.4) is 0 Å². The predicted octanol–water partition coefficient (Wildman–Crippen LogP) is 2.85. The zero-order valence-electron chi connectivity index (χ0n) is 37.8. The number of alkyl carbamates (subject to hydrolysis) is 1. The molecule has 4 aromatic rings. The lowest BCUT2D eigenvalue weighted by atomic mass is 9.99. The molecular formula is C48H60N8O10. The van der Waals surface area contributed by atoms with E-state index in [-0.39, 0.29) is 38.2 Å². The fraction of sp³-hybridized carbons (Fsp3) is 0.417. The Morgan fingerprint density at radius 1 is 0.697 bits per heavy atom. The van der Waals surface area contributed by atoms with E-state index in [2.05, 4.69) is 36.6 Å². The second kappa shape index (κ2) is 24.2. The van der Waals surface area contributed by atoms with Gasteiger partial charge < -0.3 is 51.0 Å². The SMILES string of the molecule is COC(=O)[C@H](Cc1ccccc1)NC(=O)[C@@H]1CCCN1C(=O)[C@H](Cc1cnc[nH]1)NC(=O)[C@@H](NC(=O)[C@H](Cc1ccc(O)cc1)NC(=O)[C@@H](NC(=O)OCc1ccccc1)C(C)C)C(C)C. The first-order valence-corrected chi connectivity index (χ1v) is 22.0. The zero-order chi connectivity index (χ0) is 47.8. The first-order valence-electron chi connectivity index (χ1n) is 22.0. The average molecular weight is 909 g/mol. The molecule has 1 saturated heterocycles. The Kier molecular flexibility index (Phi) is 18.2. The second-order valence-corrected chi connectivity index (χ2v) is 16.9. The number of nitrogens with one attached hydrogen (secondary N) is 6. The van der Waals surface area contributed by atoms with Crippen LogP contribution in [0.15, 0.2) is 97.5 Å². The van der Waals surface area contributed by atoms with Crippen LogP contribution in [-0.4, -0.2) is 111 Å². The van der Waals surface area contributed by atoms with Crippen molar-refractivity contribution in [2.24, 2.45) is 11.8 Å². The summed E-state index contributed by atoms with van der Waals surface area (Å²) in [7, 11) is 1.23. The lowest BCUT2D eigenvalue weighted by Gasteiger charge is -2.31. The summed E-state index contributed by atoms with van der Waals surface area (Å²) in [5, 5.41) is 23.6. The summed E-state index contributed by atoms with van der Waals surface area (Å²) >= 11 is 0. The van der Waals surface area contributed by atoms with Crippen molar-refractivity contribution in [3.8, 4) is 5.75 Å². The van der Waals surface area contributed by atoms with Gasteiger partial charge in [0.15, 0.2) is 0 Å². The van der Waals surface area contributed by atoms with Crippen molar-refractivity contribution in [1.29, 1.82) is 0 Å². The summed E-state index contributed by atoms with van der Waals surface area (Å²) in [6.45, 7) is 7.03. The topological polar surface area (TPSA) is 250 Å². The molecule has 7 N–H and O–H groups in total. The molecular weight excluding hydrogens is 849 g/mol. The van der Waals surface area contributed by atoms with Crippen LogP contribution >= 0.6 is 0 Å². The van der Waals surface area contributed by atoms with Gasteiger partial charge in [0, 0.05) is 37.7 Å². The van der Waals surface area contributed by atoms with E-state index in [1.807, 2.05) is 36.4 Å². The van der Waals surface area contributed by atoms with Crippen LogP contribution in [0.25, 0.3) is 0 Å². The summed E-state index contributed by atoms with van der Waals surface area (Å²) in [5.41, 5.74) is 2.63. The quantitative estimate of drug-likeness (QED) is 0.0599. The molecule has 0 unspecified atom stereocenters. The van der Waals surface area contributed by atoms with Crippen molar-refractivity contribution in [3.63, 3.8) is 0 Å². The van der Waals surface area contributed by atoms with Crippen molar-refractivity contribution < 1.29 is 48.1 Å². The highest BCUT2D eigenvalue weighted by Gasteiger charge is 2.40. The third-order valence-corrected chi connectivity index (χ3v) is 11.2. The molecule has 6 atom stereocenters. The number of methoxy groups -OCH3 is 1. The molecule has 0 bridgehead atoms. The number of amides is 6. The second-order valence-electron chi connectivity index (χ2n) is 16.9. The molecule has 1 aliphatic heterocycles. The van der Waals surface area contributed by atoms with Crippen molar-refractivity contribution in [2.45, 2.75) is 103 Å². The highest BCUT2D eigenvalue weighted by molar-refractivity contribution is 5.97. The predicted molar refractivity (Wildman–Crippen MR) is 242 cm³/mol. The molecule has 5 rings (SSSR count). The fourth-order valence-corrected chi connectivity index (χ4v) is 7.59. The molecule has 1 aromatic heterocycles. The van der Waals surface area contributed by atoms with Crippen LogP contribution in [0.1, 0.15) is 62.9 Å². The minimum atomic E-state index is -1.28. The number of phenols is 1. The molecule has 18 nitrogen and oxygen atoms in total. The Bertz CT molecular complexity index is 2240. The van der Waals surface area contributed by atoms with E-state index < -0.39 is 89.7 Å². The molecule has 0 spiro atoms. The molecule has 0 saturated carbocycles. The molecule has 1 fully saturated rings. The van der Waals surface area contributed by atoms with Gasteiger partial charge in [-0.1, -0.05) is 100 Å². The number of aromatic nitrogens is 2. The Hall–Kier alpha value is -7.24. The van der Waals surface area contributed by atoms with Gasteiger partial charge in [-0.15, -0.1) is 0 Å². The Labute approximate surface area is 384 Å². The molecule has 18 heteroatoms. The number of ether oxygens (including phenoxy) is 2. The van der Waals surface area contributed by atoms with Crippen LogP contribution in [0.2, 0.25) is 0 Å². The van der Waals surface area contributed by atoms with Crippen molar-refractivity contribution >= 4 is 41.6 Å². The first-order chi connectivity index (χ1) is 31.6. The summed E-state index contributed by atoms with van der Waals surface area (Å²) in [6.07, 6.45) is 2.96. The third-order valence-electron chi connectivity index (χ3n) is 11.2. The maximum atomic E-state index is 14.5. The molecule has 0 aliphatic carbocycles. The monoisotopic (exact) mass is 908 g/mol. The minimum absolute atomic E-state index is 0.00743. The number of likely N-dealkylation sites (tertiary alicyclic amines) is 1. The highest BCUT2D eigenvalue weighted by atomic mass is 16.5. The number of rotatable bonds is 21. The molecule has 6 amide bonds. The van der Waals surface area contributed by atoms with Gasteiger partial charge in [0.1, 0.15) is 48.6 Å². The van der Waals surface area contributed by atoms with Gasteiger partial charge in [0.25, 0.3) is 0 Å². The van der Waals surface area contributed by atoms with Crippen molar-refractivity contribution in [3.05, 3.63) is 120 Å². The zero-order valence-corrected chi connectivity index (χ0v) is 37.8. The van der Waals surface area contributed by atoms with Crippen molar-refractivity contribution in [2.75, 3.05) is 13.7 Å². The number of carbonyl (C=O) groups excluding carboxylic acids is 7. The largest absolute Gasteiger partial charge is 0.508 e. The van der Waals surface area contributed by atoms with Gasteiger partial charge in [-0.3, -0.25) is 24.0 Å². The fourth-order valence-electron chi connectivity index (χ4n) is 7.59. The average Bonchev–Trinajstić information content (AvgIpc) is 4.02. The maximum absolute atomic E-state index is 14.5. The summed E-state index contributed by atoms with van der Waals surface area (Å²) in [5.74, 6) is -4.85. The number of hydrogen-bond donors (Lipinski definition) is 7. The van der Waals surface area contributed by atoms with Gasteiger partial charge in [-0.05, 0) is 53.5 Å². The van der Waals surface area contributed by atoms with E-state index >= 15 is 0 Å². The molecule has 3 aromatic carbocycles. The number of hydrogen-bond acceptors (Lipinski definition) is 11. The van der Waals surface area contributed by atoms with Gasteiger partial charge in [0.05, 0.1) is 13.4 Å². The van der Waals surface area contributed by atoms with E-state index in [0.717, 1.165) is 11.1 Å². The van der Waals surface area contributed by atoms with Crippen LogP contribution in [0, 0.1) is 11.8 Å². The van der Waals surface area contributed by atoms with Crippen molar-refractivity contribution in [1.82, 2.24) is 41.5 Å². The number of aromatic hydroxyl groups is 1. The van der Waals surface area contributed by atoms with Gasteiger partial charge in [0.2, 0.25) is 29.5 Å². The summed E-state index contributed by atoms with van der Waals surface area (Å²) in [4.78, 5) is 105. The summed E-state index contributed by atoms with van der Waals surface area (Å²) < 4.78 is 10.3. The van der Waals surface area contributed by atoms with Crippen LogP contribution < -0.4 is 26.6 Å². The molecule has 66 heavy (non-hydrogen) atoms. The minimum Gasteiger partial charge on any atom is -0.508 e. The smallest absolute Gasteiger partial charge is 0.408 e. The number of benzene rings is 3. The Morgan fingerprint density at radius 3 is 1.86 bits per heavy atom. The number of carbonyl (C=O) groups is 7. The third kappa shape index (κ3) is 14.4. The summed E-state index contributed by atoms with van der Waals surface area (Å²) in [6, 6.07) is 17.4. The maximum Gasteiger partial charge on any atom is 0.408 e. The number of esters is 1. The van der Waals surface area contributed by atoms with E-state index in [9.17, 15) is 38.7 Å². The van der Waals surface area contributed by atoms with E-state index in [4.69, 9.17) is 9.47 Å². The highest BCUT2D eigenvalue weighted by Crippen LogP contribution is 2.21. The Balaban J connectivity index is 1.32. The lowest BCUT2D eigenvalue weighted by Crippen LogP contribution is -2.61. The van der Waals surface area contributed by atoms with Crippen LogP contribution in [0.4, 0.5) is 4.79 Å². The van der Waals surface area contributed by atoms with Gasteiger partial charge >= 0.3 is 12.1 Å². The van der Waals surface area contributed by atoms with Gasteiger partial charge in [-0.2, -0.15) is 0 Å². The molecule has 1 aliphatic rings. The Morgan fingerprint density at radius 2 is 1.27 bits per heavy atom. The molecule has 2 heterocycles. The number of aromatic amines is 1. The van der Waals surface area contributed by atoms with Gasteiger partial charge in [-0.25, -0.2) is 14.6 Å². The molecule has 352 valence electrons. The van der Waals surface area contributed by atoms with E-state index in [0.29, 0.717) is 24.1 Å². The first kappa shape index (κ1) is 49.8. The van der Waals surface area contributed by atoms with Crippen LogP contribution in [-0.2, 0) is 64.1 Å². The van der Waals surface area contributed by atoms with Crippen LogP contribution in [0.5, 0.6) is 5.75 Å². The number of nitrogens with zero attached hydrogens (tertiary/aromatic N) is 2. The van der Waals surface area contributed by atoms with E-state index in [1.54, 1.807) is 64.1 Å². The number of H-pyrrole nitrogens is 1. The number of imidazole rings is 1.